The Kier molecular flexibility index (Phi) is 5.76. The number of sulfonamides is 1. The smallest absolute Gasteiger partial charge is 0.316 e. The molecule has 2 aliphatic heterocycles. The number of fused-ring (bicyclic) bond motifs is 1. The third kappa shape index (κ3) is 3.67. The molecule has 0 aromatic heterocycles. The number of benzene rings is 1. The highest BCUT2D eigenvalue weighted by Crippen LogP contribution is 2.36. The normalized spacial score (nSPS) is 25.2. The molecule has 10 heteroatoms. The fourth-order valence-electron chi connectivity index (χ4n) is 3.24. The number of nitrogens with one attached hydrogen (secondary N) is 1. The van der Waals surface area contributed by atoms with E-state index < -0.39 is 26.7 Å². The van der Waals surface area contributed by atoms with Crippen LogP contribution in [0.15, 0.2) is 23.1 Å². The maximum atomic E-state index is 12.8. The Bertz CT molecular complexity index is 712. The summed E-state index contributed by atoms with van der Waals surface area (Å²) in [5, 5.41) is 3.03. The monoisotopic (exact) mass is 404 g/mol. The van der Waals surface area contributed by atoms with E-state index in [1.54, 1.807) is 0 Å². The van der Waals surface area contributed by atoms with Gasteiger partial charge in [-0.15, -0.1) is 12.4 Å². The Labute approximate surface area is 149 Å². The molecule has 2 heterocycles. The Morgan fingerprint density at radius 2 is 1.88 bits per heavy atom. The summed E-state index contributed by atoms with van der Waals surface area (Å²) in [7, 11) is -4.04. The molecule has 0 saturated carbocycles. The van der Waals surface area contributed by atoms with Crippen molar-refractivity contribution in [1.82, 2.24) is 9.62 Å². The van der Waals surface area contributed by atoms with Crippen molar-refractivity contribution in [2.24, 2.45) is 11.8 Å². The van der Waals surface area contributed by atoms with Crippen molar-refractivity contribution in [1.29, 1.82) is 0 Å². The molecule has 2 atom stereocenters. The first-order chi connectivity index (χ1) is 10.7. The Morgan fingerprint density at radius 3 is 2.54 bits per heavy atom. The van der Waals surface area contributed by atoms with Crippen molar-refractivity contribution < 1.29 is 21.6 Å². The summed E-state index contributed by atoms with van der Waals surface area (Å²) in [4.78, 5) is -0.474. The summed E-state index contributed by atoms with van der Waals surface area (Å²) in [5.74, 6) is 0.626. The molecule has 2 unspecified atom stereocenters. The van der Waals surface area contributed by atoms with Gasteiger partial charge in [0.05, 0.1) is 10.6 Å². The van der Waals surface area contributed by atoms with Gasteiger partial charge in [0.25, 0.3) is 0 Å². The predicted octanol–water partition coefficient (Wildman–Crippen LogP) is 3.01. The van der Waals surface area contributed by atoms with Crippen LogP contribution in [0, 0.1) is 11.8 Å². The van der Waals surface area contributed by atoms with Gasteiger partial charge in [0.15, 0.2) is 0 Å². The van der Waals surface area contributed by atoms with Crippen LogP contribution >= 0.6 is 24.0 Å². The number of rotatable bonds is 2. The van der Waals surface area contributed by atoms with E-state index in [2.05, 4.69) is 5.32 Å². The zero-order chi connectivity index (χ0) is 16.8. The molecule has 1 aromatic carbocycles. The van der Waals surface area contributed by atoms with Crippen LogP contribution in [0.1, 0.15) is 12.0 Å². The van der Waals surface area contributed by atoms with Crippen LogP contribution in [-0.4, -0.2) is 38.9 Å². The van der Waals surface area contributed by atoms with Crippen LogP contribution in [0.25, 0.3) is 0 Å². The molecule has 0 amide bonds. The van der Waals surface area contributed by atoms with Crippen molar-refractivity contribution in [2.45, 2.75) is 17.5 Å². The lowest BCUT2D eigenvalue weighted by Crippen LogP contribution is -2.43. The van der Waals surface area contributed by atoms with Gasteiger partial charge < -0.3 is 5.32 Å². The van der Waals surface area contributed by atoms with Crippen molar-refractivity contribution in [3.63, 3.8) is 0 Å². The van der Waals surface area contributed by atoms with Crippen LogP contribution in [0.3, 0.4) is 0 Å². The second-order valence-corrected chi connectivity index (χ2v) is 8.29. The molecule has 0 aliphatic carbocycles. The van der Waals surface area contributed by atoms with E-state index in [-0.39, 0.29) is 23.3 Å². The molecule has 4 nitrogen and oxygen atoms in total. The molecule has 0 spiro atoms. The molecule has 3 rings (SSSR count). The van der Waals surface area contributed by atoms with E-state index in [1.165, 1.54) is 4.31 Å². The summed E-state index contributed by atoms with van der Waals surface area (Å²) >= 11 is 5.88. The van der Waals surface area contributed by atoms with Gasteiger partial charge in [-0.1, -0.05) is 11.6 Å². The molecule has 24 heavy (non-hydrogen) atoms. The Morgan fingerprint density at radius 1 is 1.21 bits per heavy atom. The molecule has 0 bridgehead atoms. The molecule has 2 fully saturated rings. The van der Waals surface area contributed by atoms with Crippen molar-refractivity contribution in [2.75, 3.05) is 26.2 Å². The van der Waals surface area contributed by atoms with E-state index in [9.17, 15) is 21.6 Å². The second-order valence-electron chi connectivity index (χ2n) is 5.97. The van der Waals surface area contributed by atoms with Gasteiger partial charge >= 0.3 is 6.18 Å². The molecule has 1 N–H and O–H groups in total. The van der Waals surface area contributed by atoms with E-state index in [4.69, 9.17) is 11.6 Å². The zero-order valence-electron chi connectivity index (χ0n) is 12.5. The SMILES string of the molecule is Cl.O=S(=O)(c1cc(C(F)(F)F)ccc1Cl)N1CCC2CNCC2C1. The molecule has 136 valence electrons. The fourth-order valence-corrected chi connectivity index (χ4v) is 5.25. The minimum Gasteiger partial charge on any atom is -0.316 e. The fraction of sp³-hybridized carbons (Fsp3) is 0.571. The van der Waals surface area contributed by atoms with E-state index in [0.717, 1.165) is 25.2 Å². The summed E-state index contributed by atoms with van der Waals surface area (Å²) in [6, 6.07) is 2.40. The van der Waals surface area contributed by atoms with E-state index in [0.29, 0.717) is 31.5 Å². The molecular weight excluding hydrogens is 388 g/mol. The molecular formula is C14H17Cl2F3N2O2S. The van der Waals surface area contributed by atoms with Crippen molar-refractivity contribution >= 4 is 34.0 Å². The molecule has 2 saturated heterocycles. The predicted molar refractivity (Wildman–Crippen MR) is 86.9 cm³/mol. The largest absolute Gasteiger partial charge is 0.416 e. The number of hydrogen-bond donors (Lipinski definition) is 1. The third-order valence-corrected chi connectivity index (χ3v) is 6.89. The number of halogens is 5. The maximum absolute atomic E-state index is 12.8. The number of piperidine rings is 1. The Hall–Kier alpha value is -0.540. The van der Waals surface area contributed by atoms with Gasteiger partial charge in [-0.2, -0.15) is 17.5 Å². The van der Waals surface area contributed by atoms with Crippen LogP contribution in [0.4, 0.5) is 13.2 Å². The maximum Gasteiger partial charge on any atom is 0.416 e. The van der Waals surface area contributed by atoms with E-state index >= 15 is 0 Å². The topological polar surface area (TPSA) is 49.4 Å². The number of hydrogen-bond acceptors (Lipinski definition) is 3. The zero-order valence-corrected chi connectivity index (χ0v) is 14.9. The van der Waals surface area contributed by atoms with Gasteiger partial charge in [0.2, 0.25) is 10.0 Å². The van der Waals surface area contributed by atoms with Crippen LogP contribution < -0.4 is 5.32 Å². The lowest BCUT2D eigenvalue weighted by molar-refractivity contribution is -0.137. The highest BCUT2D eigenvalue weighted by Gasteiger charge is 2.39. The highest BCUT2D eigenvalue weighted by atomic mass is 35.5. The van der Waals surface area contributed by atoms with Gasteiger partial charge in [0.1, 0.15) is 4.90 Å². The summed E-state index contributed by atoms with van der Waals surface area (Å²) in [6.45, 7) is 2.21. The van der Waals surface area contributed by atoms with Crippen LogP contribution in [0.2, 0.25) is 5.02 Å². The van der Waals surface area contributed by atoms with Crippen molar-refractivity contribution in [3.8, 4) is 0 Å². The van der Waals surface area contributed by atoms with Crippen LogP contribution in [0.5, 0.6) is 0 Å². The standard InChI is InChI=1S/C14H16ClF3N2O2S.ClH/c15-12-2-1-11(14(16,17)18)5-13(12)23(21,22)20-4-3-9-6-19-7-10(9)8-20;/h1-2,5,9-10,19H,3-4,6-8H2;1H. The highest BCUT2D eigenvalue weighted by molar-refractivity contribution is 7.89. The minimum absolute atomic E-state index is 0. The second kappa shape index (κ2) is 6.99. The van der Waals surface area contributed by atoms with Gasteiger partial charge in [0, 0.05) is 13.1 Å². The van der Waals surface area contributed by atoms with E-state index in [1.807, 2.05) is 0 Å². The molecule has 2 aliphatic rings. The van der Waals surface area contributed by atoms with Crippen LogP contribution in [-0.2, 0) is 16.2 Å². The summed E-state index contributed by atoms with van der Waals surface area (Å²) in [5.41, 5.74) is -1.02. The number of alkyl halides is 3. The average Bonchev–Trinajstić information content (AvgIpc) is 2.93. The lowest BCUT2D eigenvalue weighted by atomic mass is 9.90. The Balaban J connectivity index is 0.00000208. The minimum atomic E-state index is -4.61. The summed E-state index contributed by atoms with van der Waals surface area (Å²) in [6.07, 6.45) is -3.91. The van der Waals surface area contributed by atoms with Crippen molar-refractivity contribution in [3.05, 3.63) is 28.8 Å². The molecule has 0 radical (unpaired) electrons. The average molecular weight is 405 g/mol. The van der Waals surface area contributed by atoms with Gasteiger partial charge in [-0.05, 0) is 49.5 Å². The van der Waals surface area contributed by atoms with Gasteiger partial charge in [-0.25, -0.2) is 8.42 Å². The quantitative estimate of drug-likeness (QED) is 0.823. The first-order valence-corrected chi connectivity index (χ1v) is 9.09. The summed E-state index contributed by atoms with van der Waals surface area (Å²) < 4.78 is 65.3. The molecule has 1 aromatic rings. The lowest BCUT2D eigenvalue weighted by Gasteiger charge is -2.33. The third-order valence-electron chi connectivity index (χ3n) is 4.54. The first kappa shape index (κ1) is 19.8. The first-order valence-electron chi connectivity index (χ1n) is 7.27. The number of nitrogens with zero attached hydrogens (tertiary/aromatic N) is 1. The van der Waals surface area contributed by atoms with Gasteiger partial charge in [-0.3, -0.25) is 0 Å².